The van der Waals surface area contributed by atoms with Crippen LogP contribution >= 0.6 is 11.8 Å². The van der Waals surface area contributed by atoms with Gasteiger partial charge in [0.2, 0.25) is 0 Å². The lowest BCUT2D eigenvalue weighted by Crippen LogP contribution is -1.95. The van der Waals surface area contributed by atoms with Crippen molar-refractivity contribution in [3.63, 3.8) is 0 Å². The number of hydrogen-bond acceptors (Lipinski definition) is 4. The molecule has 3 aromatic heterocycles. The number of rotatable bonds is 7. The van der Waals surface area contributed by atoms with Crippen molar-refractivity contribution in [3.8, 4) is 44.5 Å². The summed E-state index contributed by atoms with van der Waals surface area (Å²) in [6.45, 7) is 3.71. The maximum Gasteiger partial charge on any atom is 0.190 e. The minimum atomic E-state index is 0.0496. The van der Waals surface area contributed by atoms with E-state index in [1.54, 1.807) is 6.92 Å². The van der Waals surface area contributed by atoms with Crippen molar-refractivity contribution in [2.24, 2.45) is 0 Å². The Kier molecular flexibility index (Phi) is 10.4. The summed E-state index contributed by atoms with van der Waals surface area (Å²) in [6.07, 6.45) is 25.4. The van der Waals surface area contributed by atoms with Gasteiger partial charge in [-0.3, -0.25) is 4.79 Å². The van der Waals surface area contributed by atoms with Crippen LogP contribution in [-0.4, -0.2) is 25.1 Å². The molecule has 2 aliphatic heterocycles. The molecular weight excluding hydrogens is 789 g/mol. The van der Waals surface area contributed by atoms with Crippen molar-refractivity contribution < 1.29 is 4.79 Å². The molecule has 63 heavy (non-hydrogen) atoms. The van der Waals surface area contributed by atoms with Gasteiger partial charge < -0.3 is 9.97 Å². The molecule has 10 radical (unpaired) electrons. The summed E-state index contributed by atoms with van der Waals surface area (Å²) in [6, 6.07) is 43.0. The Labute approximate surface area is 373 Å². The largest absolute Gasteiger partial charge is 0.354 e. The highest BCUT2D eigenvalue weighted by Crippen LogP contribution is 2.40. The van der Waals surface area contributed by atoms with Crippen LogP contribution in [-0.2, 0) is 4.79 Å². The van der Waals surface area contributed by atoms with E-state index in [2.05, 4.69) is 202 Å². The second-order valence-electron chi connectivity index (χ2n) is 16.0. The summed E-state index contributed by atoms with van der Waals surface area (Å²) in [4.78, 5) is 31.6. The van der Waals surface area contributed by atoms with Crippen LogP contribution in [0.15, 0.2) is 126 Å². The number of carbonyl (C=O) groups is 1. The minimum absolute atomic E-state index is 0.0496. The number of fused-ring (bicyclic) bond motifs is 8. The molecule has 0 atom stereocenters. The smallest absolute Gasteiger partial charge is 0.190 e. The fraction of sp³-hybridized carbons (Fsp3) is 0.0351. The third-order valence-corrected chi connectivity index (χ3v) is 12.6. The van der Waals surface area contributed by atoms with Crippen LogP contribution in [0.4, 0.5) is 0 Å². The van der Waals surface area contributed by atoms with Gasteiger partial charge in [0.15, 0.2) is 5.12 Å². The van der Waals surface area contributed by atoms with Crippen LogP contribution in [0, 0.1) is 70.1 Å². The van der Waals surface area contributed by atoms with Gasteiger partial charge in [-0.1, -0.05) is 102 Å². The molecular formula is C57H40N4OS. The Morgan fingerprint density at radius 1 is 0.413 bits per heavy atom. The van der Waals surface area contributed by atoms with Gasteiger partial charge in [-0.15, -0.1) is 0 Å². The number of H-pyrrole nitrogens is 2. The highest BCUT2D eigenvalue weighted by Gasteiger charge is 2.23. The van der Waals surface area contributed by atoms with Crippen molar-refractivity contribution in [1.82, 2.24) is 19.9 Å². The molecule has 0 unspecified atom stereocenters. The van der Waals surface area contributed by atoms with Crippen molar-refractivity contribution in [2.45, 2.75) is 18.7 Å². The Balaban J connectivity index is 1.21. The standard InChI is InChI=1S/C57H40N4OS/c1-35-11-13-41(14-12-35)54-46-27-29-48(58-46)55(42-19-15-39(16-20-42)37-7-3-4-8-37)50-31-33-52(60-50)57(44-23-25-45(26-24-44)63-36(2)62)53-34-32-51(61-53)56(49-30-28-47(54)59-49)43-21-17-40(18-22-43)38-9-5-6-10-38/h3-34,58,61H,1-2H3. The molecule has 8 bridgehead atoms. The van der Waals surface area contributed by atoms with Crippen LogP contribution in [0.2, 0.25) is 0 Å². The molecule has 2 N–H and O–H groups in total. The third kappa shape index (κ3) is 7.71. The fourth-order valence-corrected chi connectivity index (χ4v) is 9.39. The van der Waals surface area contributed by atoms with E-state index < -0.39 is 0 Å². The van der Waals surface area contributed by atoms with E-state index in [9.17, 15) is 4.79 Å². The van der Waals surface area contributed by atoms with Gasteiger partial charge in [0, 0.05) is 68.0 Å². The molecule has 6 heteroatoms. The number of carbonyl (C=O) groups excluding carboxylic acids is 1. The van der Waals surface area contributed by atoms with Crippen LogP contribution in [0.1, 0.15) is 46.4 Å². The van der Waals surface area contributed by atoms with Crippen LogP contribution in [0.3, 0.4) is 0 Å². The maximum atomic E-state index is 12.0. The third-order valence-electron chi connectivity index (χ3n) is 11.8. The van der Waals surface area contributed by atoms with Gasteiger partial charge in [0.25, 0.3) is 0 Å². The summed E-state index contributed by atoms with van der Waals surface area (Å²) in [5.74, 6) is 2.37. The van der Waals surface area contributed by atoms with Gasteiger partial charge in [-0.25, -0.2) is 9.97 Å². The average Bonchev–Trinajstić information content (AvgIpc) is 4.16. The second kappa shape index (κ2) is 16.7. The van der Waals surface area contributed by atoms with Gasteiger partial charge >= 0.3 is 0 Å². The molecule has 11 rings (SSSR count). The first-order valence-corrected chi connectivity index (χ1v) is 21.9. The van der Waals surface area contributed by atoms with Crippen molar-refractivity contribution >= 4 is 63.2 Å². The summed E-state index contributed by atoms with van der Waals surface area (Å²) in [7, 11) is 0. The highest BCUT2D eigenvalue weighted by molar-refractivity contribution is 8.13. The van der Waals surface area contributed by atoms with E-state index in [1.807, 2.05) is 12.1 Å². The van der Waals surface area contributed by atoms with E-state index in [1.165, 1.54) is 29.2 Å². The Morgan fingerprint density at radius 3 is 1.05 bits per heavy atom. The number of aromatic nitrogens is 4. The number of thioether (sulfide) groups is 1. The van der Waals surface area contributed by atoms with Crippen molar-refractivity contribution in [3.05, 3.63) is 224 Å². The number of hydrogen-bond donors (Lipinski definition) is 2. The number of nitrogens with zero attached hydrogens (tertiary/aromatic N) is 2. The van der Waals surface area contributed by atoms with E-state index in [-0.39, 0.29) is 5.12 Å². The van der Waals surface area contributed by atoms with Crippen LogP contribution in [0.5, 0.6) is 0 Å². The van der Waals surface area contributed by atoms with Crippen LogP contribution in [0.25, 0.3) is 90.9 Å². The minimum Gasteiger partial charge on any atom is -0.354 e. The summed E-state index contributed by atoms with van der Waals surface area (Å²) in [5.41, 5.74) is 18.8. The topological polar surface area (TPSA) is 74.4 Å². The molecule has 2 saturated carbocycles. The zero-order valence-corrected chi connectivity index (χ0v) is 35.5. The molecule has 7 aromatic rings. The van der Waals surface area contributed by atoms with Gasteiger partial charge in [0.1, 0.15) is 0 Å². The maximum absolute atomic E-state index is 12.0. The van der Waals surface area contributed by atoms with E-state index in [0.717, 1.165) is 105 Å². The number of nitrogens with one attached hydrogen (secondary N) is 2. The summed E-state index contributed by atoms with van der Waals surface area (Å²) >= 11 is 1.23. The van der Waals surface area contributed by atoms with Gasteiger partial charge in [0.05, 0.1) is 22.8 Å². The SMILES string of the molecule is CC(=O)Sc1ccc(-c2c3nc(c(-c4ccc([C]5[CH][CH][CH][CH]5)cc4)c4ccc([nH]4)c(-c4ccc(C)cc4)c4nc(c(-c5ccc([C]6[CH][CH][CH][CH]6)cc5)c5ccc2[nH]5)C=C4)C=C3)cc1. The van der Waals surface area contributed by atoms with E-state index >= 15 is 0 Å². The number of aryl methyl sites for hydroxylation is 1. The van der Waals surface area contributed by atoms with Crippen LogP contribution < -0.4 is 0 Å². The molecule has 4 aromatic carbocycles. The Hall–Kier alpha value is -6.50. The molecule has 5 heterocycles. The lowest BCUT2D eigenvalue weighted by atomic mass is 9.94. The first-order valence-electron chi connectivity index (χ1n) is 21.1. The summed E-state index contributed by atoms with van der Waals surface area (Å²) in [5, 5.41) is 0.0496. The zero-order valence-electron chi connectivity index (χ0n) is 34.7. The Morgan fingerprint density at radius 2 is 0.714 bits per heavy atom. The molecule has 2 aliphatic carbocycles. The van der Waals surface area contributed by atoms with E-state index in [0.29, 0.717) is 0 Å². The number of aromatic amines is 2. The first-order chi connectivity index (χ1) is 30.9. The molecule has 300 valence electrons. The number of benzene rings is 4. The predicted octanol–water partition coefficient (Wildman–Crippen LogP) is 13.8. The highest BCUT2D eigenvalue weighted by atomic mass is 32.2. The monoisotopic (exact) mass is 828 g/mol. The quantitative estimate of drug-likeness (QED) is 0.157. The normalized spacial score (nSPS) is 15.1. The first kappa shape index (κ1) is 39.4. The Bertz CT molecular complexity index is 3040. The second-order valence-corrected chi connectivity index (χ2v) is 17.2. The average molecular weight is 829 g/mol. The zero-order chi connectivity index (χ0) is 42.4. The lowest BCUT2D eigenvalue weighted by Gasteiger charge is -2.10. The van der Waals surface area contributed by atoms with Crippen molar-refractivity contribution in [1.29, 1.82) is 0 Å². The predicted molar refractivity (Wildman–Crippen MR) is 261 cm³/mol. The summed E-state index contributed by atoms with van der Waals surface area (Å²) < 4.78 is 0. The van der Waals surface area contributed by atoms with Gasteiger partial charge in [-0.2, -0.15) is 0 Å². The van der Waals surface area contributed by atoms with Crippen molar-refractivity contribution in [2.75, 3.05) is 0 Å². The van der Waals surface area contributed by atoms with Gasteiger partial charge in [-0.05, 0) is 152 Å². The molecule has 4 aliphatic rings. The molecule has 5 nitrogen and oxygen atoms in total. The molecule has 0 amide bonds. The molecule has 0 saturated heterocycles. The molecule has 0 spiro atoms. The van der Waals surface area contributed by atoms with E-state index in [4.69, 9.17) is 9.97 Å². The molecule has 2 fully saturated rings. The fourth-order valence-electron chi connectivity index (χ4n) is 8.79. The lowest BCUT2D eigenvalue weighted by molar-refractivity contribution is -0.109.